The molecule has 0 bridgehead atoms. The van der Waals surface area contributed by atoms with Crippen molar-refractivity contribution in [2.75, 3.05) is 13.1 Å². The maximum atomic E-state index is 11.9. The van der Waals surface area contributed by atoms with E-state index in [1.807, 2.05) is 49.9 Å². The topological polar surface area (TPSA) is 20.3 Å². The Kier molecular flexibility index (Phi) is 8.01. The molecule has 0 spiro atoms. The monoisotopic (exact) mass is 275 g/mol. The highest BCUT2D eigenvalue weighted by Gasteiger charge is 2.11. The molecule has 1 aliphatic rings. The Labute approximate surface area is 124 Å². The van der Waals surface area contributed by atoms with Crippen molar-refractivity contribution in [1.82, 2.24) is 4.90 Å². The maximum absolute atomic E-state index is 11.9. The van der Waals surface area contributed by atoms with E-state index in [0.717, 1.165) is 24.2 Å². The Morgan fingerprint density at radius 2 is 1.50 bits per heavy atom. The minimum atomic E-state index is 0.124. The zero-order valence-electron chi connectivity index (χ0n) is 13.3. The van der Waals surface area contributed by atoms with Crippen LogP contribution in [0.3, 0.4) is 0 Å². The molecule has 1 aromatic carbocycles. The third kappa shape index (κ3) is 5.77. The van der Waals surface area contributed by atoms with Crippen molar-refractivity contribution in [1.29, 1.82) is 0 Å². The van der Waals surface area contributed by atoms with Gasteiger partial charge in [0.1, 0.15) is 0 Å². The summed E-state index contributed by atoms with van der Waals surface area (Å²) in [5.74, 6) is 0.124. The number of rotatable bonds is 3. The molecule has 1 amide bonds. The summed E-state index contributed by atoms with van der Waals surface area (Å²) in [5.41, 5.74) is 1.91. The molecule has 0 aromatic heterocycles. The highest BCUT2D eigenvalue weighted by atomic mass is 16.2. The van der Waals surface area contributed by atoms with Crippen LogP contribution in [-0.2, 0) is 0 Å². The molecule has 20 heavy (non-hydrogen) atoms. The minimum Gasteiger partial charge on any atom is -0.339 e. The lowest BCUT2D eigenvalue weighted by Gasteiger charge is -2.18. The molecule has 2 heteroatoms. The second kappa shape index (κ2) is 9.57. The first-order chi connectivity index (χ1) is 9.69. The number of hydrogen-bond acceptors (Lipinski definition) is 1. The summed E-state index contributed by atoms with van der Waals surface area (Å²) in [4.78, 5) is 13.7. The van der Waals surface area contributed by atoms with Crippen LogP contribution in [0.25, 0.3) is 0 Å². The summed E-state index contributed by atoms with van der Waals surface area (Å²) < 4.78 is 0. The van der Waals surface area contributed by atoms with Crippen molar-refractivity contribution in [2.24, 2.45) is 0 Å². The van der Waals surface area contributed by atoms with Crippen molar-refractivity contribution in [3.05, 3.63) is 35.4 Å². The molecule has 2 rings (SSSR count). The summed E-state index contributed by atoms with van der Waals surface area (Å²) in [7, 11) is 0. The summed E-state index contributed by atoms with van der Waals surface area (Å²) >= 11 is 0. The molecule has 0 heterocycles. The quantitative estimate of drug-likeness (QED) is 0.774. The molecule has 0 aliphatic heterocycles. The van der Waals surface area contributed by atoms with Gasteiger partial charge in [0, 0.05) is 18.7 Å². The Hall–Kier alpha value is -1.31. The fraction of sp³-hybridized carbons (Fsp3) is 0.611. The fourth-order valence-corrected chi connectivity index (χ4v) is 2.53. The molecular formula is C18H29NO. The molecule has 112 valence electrons. The highest BCUT2D eigenvalue weighted by molar-refractivity contribution is 5.94. The van der Waals surface area contributed by atoms with E-state index in [4.69, 9.17) is 0 Å². The van der Waals surface area contributed by atoms with Crippen LogP contribution in [0, 0.1) is 6.92 Å². The van der Waals surface area contributed by atoms with E-state index >= 15 is 0 Å². The lowest BCUT2D eigenvalue weighted by Crippen LogP contribution is -2.30. The predicted molar refractivity (Wildman–Crippen MR) is 86.1 cm³/mol. The van der Waals surface area contributed by atoms with Gasteiger partial charge in [-0.3, -0.25) is 4.79 Å². The van der Waals surface area contributed by atoms with E-state index in [9.17, 15) is 4.79 Å². The molecule has 0 radical (unpaired) electrons. The van der Waals surface area contributed by atoms with Gasteiger partial charge in [-0.05, 0) is 32.9 Å². The summed E-state index contributed by atoms with van der Waals surface area (Å²) in [6, 6.07) is 7.72. The summed E-state index contributed by atoms with van der Waals surface area (Å²) in [6.07, 6.45) is 9.00. The van der Waals surface area contributed by atoms with Crippen LogP contribution in [0.4, 0.5) is 0 Å². The van der Waals surface area contributed by atoms with Gasteiger partial charge in [-0.25, -0.2) is 0 Å². The van der Waals surface area contributed by atoms with Gasteiger partial charge in [0.2, 0.25) is 0 Å². The zero-order chi connectivity index (χ0) is 14.8. The second-order valence-electron chi connectivity index (χ2n) is 5.47. The third-order valence-corrected chi connectivity index (χ3v) is 3.82. The number of carbonyl (C=O) groups is 1. The van der Waals surface area contributed by atoms with Gasteiger partial charge < -0.3 is 4.90 Å². The largest absolute Gasteiger partial charge is 0.339 e. The molecule has 0 unspecified atom stereocenters. The smallest absolute Gasteiger partial charge is 0.253 e. The summed E-state index contributed by atoms with van der Waals surface area (Å²) in [6.45, 7) is 7.53. The fourth-order valence-electron chi connectivity index (χ4n) is 2.53. The first-order valence-electron chi connectivity index (χ1n) is 8.05. The van der Waals surface area contributed by atoms with Gasteiger partial charge in [-0.2, -0.15) is 0 Å². The van der Waals surface area contributed by atoms with Crippen molar-refractivity contribution >= 4 is 5.91 Å². The van der Waals surface area contributed by atoms with Crippen LogP contribution in [-0.4, -0.2) is 23.9 Å². The standard InChI is InChI=1S/C12H17NO.C6H12/c1-4-13(5-2)12(14)11-8-6-7-10(3)9-11;1-2-4-6-5-3-1/h6-9H,4-5H2,1-3H3;1-6H2. The second-order valence-corrected chi connectivity index (χ2v) is 5.47. The number of amides is 1. The van der Waals surface area contributed by atoms with Crippen molar-refractivity contribution < 1.29 is 4.79 Å². The highest BCUT2D eigenvalue weighted by Crippen LogP contribution is 2.15. The molecule has 1 saturated carbocycles. The van der Waals surface area contributed by atoms with Crippen LogP contribution in [0.15, 0.2) is 24.3 Å². The molecule has 1 fully saturated rings. The number of carbonyl (C=O) groups excluding carboxylic acids is 1. The van der Waals surface area contributed by atoms with E-state index in [1.54, 1.807) is 0 Å². The Morgan fingerprint density at radius 3 is 1.90 bits per heavy atom. The normalized spacial score (nSPS) is 14.2. The Balaban J connectivity index is 0.000000276. The zero-order valence-corrected chi connectivity index (χ0v) is 13.3. The average molecular weight is 275 g/mol. The van der Waals surface area contributed by atoms with Crippen molar-refractivity contribution in [2.45, 2.75) is 59.3 Å². The predicted octanol–water partition coefficient (Wildman–Crippen LogP) is 4.82. The van der Waals surface area contributed by atoms with Gasteiger partial charge in [0.15, 0.2) is 0 Å². The first kappa shape index (κ1) is 16.7. The van der Waals surface area contributed by atoms with Crippen molar-refractivity contribution in [3.63, 3.8) is 0 Å². The third-order valence-electron chi connectivity index (χ3n) is 3.82. The molecule has 1 aromatic rings. The molecule has 0 N–H and O–H groups in total. The van der Waals surface area contributed by atoms with Crippen LogP contribution in [0.5, 0.6) is 0 Å². The van der Waals surface area contributed by atoms with Gasteiger partial charge in [-0.1, -0.05) is 56.2 Å². The van der Waals surface area contributed by atoms with Gasteiger partial charge in [0.25, 0.3) is 5.91 Å². The lowest BCUT2D eigenvalue weighted by molar-refractivity contribution is 0.0773. The van der Waals surface area contributed by atoms with Crippen LogP contribution >= 0.6 is 0 Å². The van der Waals surface area contributed by atoms with Crippen LogP contribution < -0.4 is 0 Å². The number of aryl methyl sites for hydroxylation is 1. The molecule has 2 nitrogen and oxygen atoms in total. The minimum absolute atomic E-state index is 0.124. The Morgan fingerprint density at radius 1 is 1.00 bits per heavy atom. The molecular weight excluding hydrogens is 246 g/mol. The molecule has 0 saturated heterocycles. The molecule has 0 atom stereocenters. The Bertz CT molecular complexity index is 381. The SMILES string of the molecule is C1CCCCC1.CCN(CC)C(=O)c1cccc(C)c1. The average Bonchev–Trinajstić information content (AvgIpc) is 2.51. The van der Waals surface area contributed by atoms with Crippen molar-refractivity contribution in [3.8, 4) is 0 Å². The van der Waals surface area contributed by atoms with Crippen LogP contribution in [0.1, 0.15) is 68.3 Å². The van der Waals surface area contributed by atoms with Gasteiger partial charge >= 0.3 is 0 Å². The van der Waals surface area contributed by atoms with E-state index in [1.165, 1.54) is 38.5 Å². The van der Waals surface area contributed by atoms with Crippen LogP contribution in [0.2, 0.25) is 0 Å². The maximum Gasteiger partial charge on any atom is 0.253 e. The first-order valence-corrected chi connectivity index (χ1v) is 8.05. The number of benzene rings is 1. The van der Waals surface area contributed by atoms with E-state index in [0.29, 0.717) is 0 Å². The van der Waals surface area contributed by atoms with Gasteiger partial charge in [0.05, 0.1) is 0 Å². The summed E-state index contributed by atoms with van der Waals surface area (Å²) in [5, 5.41) is 0. The van der Waals surface area contributed by atoms with E-state index in [-0.39, 0.29) is 5.91 Å². The molecule has 1 aliphatic carbocycles. The van der Waals surface area contributed by atoms with E-state index in [2.05, 4.69) is 0 Å². The van der Waals surface area contributed by atoms with Gasteiger partial charge in [-0.15, -0.1) is 0 Å². The van der Waals surface area contributed by atoms with E-state index < -0.39 is 0 Å². The lowest BCUT2D eigenvalue weighted by atomic mass is 10.0. The number of nitrogens with zero attached hydrogens (tertiary/aromatic N) is 1. The number of hydrogen-bond donors (Lipinski definition) is 0.